The molecule has 0 heteroatoms. The lowest BCUT2D eigenvalue weighted by Crippen LogP contribution is -1.86. The lowest BCUT2D eigenvalue weighted by Gasteiger charge is -2.03. The van der Waals surface area contributed by atoms with Gasteiger partial charge in [-0.2, -0.15) is 0 Å². The van der Waals surface area contributed by atoms with Crippen molar-refractivity contribution in [3.8, 4) is 0 Å². The van der Waals surface area contributed by atoms with Crippen LogP contribution in [0.3, 0.4) is 0 Å². The summed E-state index contributed by atoms with van der Waals surface area (Å²) in [5, 5.41) is 0. The van der Waals surface area contributed by atoms with Crippen molar-refractivity contribution in [1.29, 1.82) is 0 Å². The molecule has 0 heterocycles. The molecular weight excluding hydrogens is 168 g/mol. The predicted octanol–water partition coefficient (Wildman–Crippen LogP) is 4.62. The topological polar surface area (TPSA) is 0 Å². The first-order valence-corrected chi connectivity index (χ1v) is 5.50. The molecule has 0 aliphatic carbocycles. The van der Waals surface area contributed by atoms with Crippen LogP contribution in [0.2, 0.25) is 0 Å². The van der Waals surface area contributed by atoms with Crippen molar-refractivity contribution in [3.63, 3.8) is 0 Å². The van der Waals surface area contributed by atoms with E-state index in [-0.39, 0.29) is 0 Å². The zero-order valence-electron chi connectivity index (χ0n) is 10.1. The van der Waals surface area contributed by atoms with Crippen LogP contribution in [0, 0.1) is 6.92 Å². The van der Waals surface area contributed by atoms with E-state index in [4.69, 9.17) is 0 Å². The maximum absolute atomic E-state index is 2.23. The molecule has 0 fully saturated rings. The number of rotatable bonds is 2. The molecule has 0 unspecified atom stereocenters. The highest BCUT2D eigenvalue weighted by Gasteiger charge is 1.95. The first-order chi connectivity index (χ1) is 6.77. The van der Waals surface area contributed by atoms with Gasteiger partial charge in [-0.25, -0.2) is 0 Å². The van der Waals surface area contributed by atoms with Crippen molar-refractivity contribution in [1.82, 2.24) is 0 Å². The molecule has 0 aliphatic heterocycles. The fourth-order valence-electron chi connectivity index (χ4n) is 1.37. The third-order valence-corrected chi connectivity index (χ3v) is 2.03. The van der Waals surface area contributed by atoms with Crippen LogP contribution in [0.4, 0.5) is 0 Å². The van der Waals surface area contributed by atoms with Crippen molar-refractivity contribution in [2.45, 2.75) is 41.0 Å². The Kier molecular flexibility index (Phi) is 6.82. The number of hydrogen-bond donors (Lipinski definition) is 0. The molecule has 0 atom stereocenters. The summed E-state index contributed by atoms with van der Waals surface area (Å²) < 4.78 is 0. The molecule has 1 rings (SSSR count). The van der Waals surface area contributed by atoms with E-state index in [0.29, 0.717) is 0 Å². The highest BCUT2D eigenvalue weighted by molar-refractivity contribution is 5.54. The molecule has 0 amide bonds. The smallest absolute Gasteiger partial charge is 0.0225 e. The number of allylic oxidation sites excluding steroid dienone is 1. The van der Waals surface area contributed by atoms with Crippen molar-refractivity contribution in [3.05, 3.63) is 41.0 Å². The second-order valence-corrected chi connectivity index (χ2v) is 3.06. The average Bonchev–Trinajstić information content (AvgIpc) is 2.22. The van der Waals surface area contributed by atoms with Gasteiger partial charge in [-0.05, 0) is 31.4 Å². The summed E-state index contributed by atoms with van der Waals surface area (Å²) in [5.74, 6) is 0. The van der Waals surface area contributed by atoms with E-state index in [0.717, 1.165) is 6.42 Å². The van der Waals surface area contributed by atoms with Crippen LogP contribution in [0.15, 0.2) is 24.3 Å². The van der Waals surface area contributed by atoms with Gasteiger partial charge in [0.15, 0.2) is 0 Å². The van der Waals surface area contributed by atoms with Crippen LogP contribution in [0.5, 0.6) is 0 Å². The molecule has 0 nitrogen and oxygen atoms in total. The maximum atomic E-state index is 2.23. The molecule has 0 radical (unpaired) electrons. The van der Waals surface area contributed by atoms with E-state index in [9.17, 15) is 0 Å². The highest BCUT2D eigenvalue weighted by Crippen LogP contribution is 2.13. The molecule has 78 valence electrons. The third-order valence-electron chi connectivity index (χ3n) is 2.03. The van der Waals surface area contributed by atoms with Gasteiger partial charge < -0.3 is 0 Å². The summed E-state index contributed by atoms with van der Waals surface area (Å²) in [5.41, 5.74) is 4.12. The lowest BCUT2D eigenvalue weighted by atomic mass is 10.0. The minimum atomic E-state index is 1.11. The fraction of sp³-hybridized carbons (Fsp3) is 0.429. The van der Waals surface area contributed by atoms with E-state index in [2.05, 4.69) is 51.1 Å². The molecule has 0 N–H and O–H groups in total. The van der Waals surface area contributed by atoms with Gasteiger partial charge in [-0.3, -0.25) is 0 Å². The third kappa shape index (κ3) is 3.78. The second kappa shape index (κ2) is 7.37. The summed E-state index contributed by atoms with van der Waals surface area (Å²) in [6.45, 7) is 10.4. The largest absolute Gasteiger partial charge is 0.0871 e. The van der Waals surface area contributed by atoms with Crippen LogP contribution in [-0.2, 0) is 6.42 Å². The molecule has 1 aromatic rings. The molecule has 14 heavy (non-hydrogen) atoms. The Labute approximate surface area is 88.7 Å². The van der Waals surface area contributed by atoms with Crippen molar-refractivity contribution < 1.29 is 0 Å². The second-order valence-electron chi connectivity index (χ2n) is 3.06. The van der Waals surface area contributed by atoms with Gasteiger partial charge in [-0.15, -0.1) is 0 Å². The molecule has 0 saturated heterocycles. The van der Waals surface area contributed by atoms with Gasteiger partial charge >= 0.3 is 0 Å². The van der Waals surface area contributed by atoms with Crippen LogP contribution in [-0.4, -0.2) is 0 Å². The summed E-state index contributed by atoms with van der Waals surface area (Å²) in [6, 6.07) is 6.62. The Balaban J connectivity index is 0.000000791. The van der Waals surface area contributed by atoms with E-state index in [1.54, 1.807) is 0 Å². The summed E-state index contributed by atoms with van der Waals surface area (Å²) in [6.07, 6.45) is 5.37. The van der Waals surface area contributed by atoms with Crippen LogP contribution in [0.1, 0.15) is 44.4 Å². The molecule has 0 bridgehead atoms. The van der Waals surface area contributed by atoms with Gasteiger partial charge in [0.1, 0.15) is 0 Å². The van der Waals surface area contributed by atoms with Gasteiger partial charge in [0.05, 0.1) is 0 Å². The zero-order chi connectivity index (χ0) is 11.0. The Bertz CT molecular complexity index is 282. The van der Waals surface area contributed by atoms with Crippen LogP contribution in [0.25, 0.3) is 6.08 Å². The van der Waals surface area contributed by atoms with Crippen LogP contribution >= 0.6 is 0 Å². The van der Waals surface area contributed by atoms with Crippen molar-refractivity contribution in [2.24, 2.45) is 0 Å². The summed E-state index contributed by atoms with van der Waals surface area (Å²) in [7, 11) is 0. The quantitative estimate of drug-likeness (QED) is 0.638. The average molecular weight is 190 g/mol. The standard InChI is InChI=1S/C12H16.C2H6/c1-4-6-12-9-10(3)7-8-11(12)5-2;1-2/h4,6-9H,5H2,1-3H3;1-2H3/b6-4-;. The Morgan fingerprint density at radius 3 is 2.36 bits per heavy atom. The zero-order valence-corrected chi connectivity index (χ0v) is 10.1. The SMILES string of the molecule is C/C=C\c1cc(C)ccc1CC.CC. The Hall–Kier alpha value is -1.04. The number of hydrogen-bond acceptors (Lipinski definition) is 0. The van der Waals surface area contributed by atoms with Gasteiger partial charge in [0, 0.05) is 0 Å². The van der Waals surface area contributed by atoms with E-state index < -0.39 is 0 Å². The normalized spacial score (nSPS) is 9.79. The number of benzene rings is 1. The van der Waals surface area contributed by atoms with Gasteiger partial charge in [0.25, 0.3) is 0 Å². The van der Waals surface area contributed by atoms with Gasteiger partial charge in [0.2, 0.25) is 0 Å². The minimum absolute atomic E-state index is 1.11. The highest BCUT2D eigenvalue weighted by atomic mass is 14.0. The molecule has 0 aliphatic rings. The molecule has 0 saturated carbocycles. The Morgan fingerprint density at radius 1 is 1.21 bits per heavy atom. The summed E-state index contributed by atoms with van der Waals surface area (Å²) in [4.78, 5) is 0. The molecular formula is C14H22. The molecule has 0 spiro atoms. The van der Waals surface area contributed by atoms with E-state index >= 15 is 0 Å². The first kappa shape index (κ1) is 13.0. The van der Waals surface area contributed by atoms with E-state index in [1.165, 1.54) is 16.7 Å². The van der Waals surface area contributed by atoms with E-state index in [1.807, 2.05) is 13.8 Å². The fourth-order valence-corrected chi connectivity index (χ4v) is 1.37. The van der Waals surface area contributed by atoms with Gasteiger partial charge in [-0.1, -0.05) is 56.7 Å². The molecule has 1 aromatic carbocycles. The lowest BCUT2D eigenvalue weighted by molar-refractivity contribution is 1.13. The number of aryl methyl sites for hydroxylation is 2. The first-order valence-electron chi connectivity index (χ1n) is 5.50. The Morgan fingerprint density at radius 2 is 1.86 bits per heavy atom. The maximum Gasteiger partial charge on any atom is -0.0225 e. The van der Waals surface area contributed by atoms with Crippen molar-refractivity contribution >= 4 is 6.08 Å². The minimum Gasteiger partial charge on any atom is -0.0871 e. The predicted molar refractivity (Wildman–Crippen MR) is 66.6 cm³/mol. The van der Waals surface area contributed by atoms with Crippen LogP contribution < -0.4 is 0 Å². The summed E-state index contributed by atoms with van der Waals surface area (Å²) >= 11 is 0. The molecule has 0 aromatic heterocycles. The van der Waals surface area contributed by atoms with Crippen molar-refractivity contribution in [2.75, 3.05) is 0 Å². The monoisotopic (exact) mass is 190 g/mol.